The molecule has 1 heterocycles. The van der Waals surface area contributed by atoms with Gasteiger partial charge in [0.1, 0.15) is 5.40 Å². The van der Waals surface area contributed by atoms with Gasteiger partial charge in [-0.2, -0.15) is 5.26 Å². The first-order chi connectivity index (χ1) is 12.9. The monoisotopic (exact) mass is 417 g/mol. The standard InChI is InChI=1S/C18H15N3O3S3/c1-2-21-13-5-3-11(8-17(18(20)22)25-10-19)7-16(13)26-15-6-4-12(27(23)24)9-14(15)21/h3-9,27H,2H2,1H3,(H2,20,22)/b17-8-. The Hall–Kier alpha value is -2.41. The minimum atomic E-state index is -2.64. The van der Waals surface area contributed by atoms with Gasteiger partial charge in [0.05, 0.1) is 21.2 Å². The van der Waals surface area contributed by atoms with Gasteiger partial charge in [-0.3, -0.25) is 4.79 Å². The molecular formula is C18H15N3O3S3. The van der Waals surface area contributed by atoms with E-state index in [9.17, 15) is 13.2 Å². The minimum Gasteiger partial charge on any atom is -0.365 e. The Kier molecular flexibility index (Phi) is 5.79. The highest BCUT2D eigenvalue weighted by Crippen LogP contribution is 2.48. The van der Waals surface area contributed by atoms with Crippen molar-refractivity contribution >= 4 is 57.6 Å². The number of carbonyl (C=O) groups excluding carboxylic acids is 1. The largest absolute Gasteiger partial charge is 0.365 e. The van der Waals surface area contributed by atoms with Gasteiger partial charge in [0.15, 0.2) is 10.7 Å². The zero-order valence-corrected chi connectivity index (χ0v) is 16.7. The Labute approximate surface area is 167 Å². The van der Waals surface area contributed by atoms with Crippen molar-refractivity contribution in [3.63, 3.8) is 0 Å². The molecule has 2 aromatic carbocycles. The highest BCUT2D eigenvalue weighted by molar-refractivity contribution is 8.08. The van der Waals surface area contributed by atoms with Crippen LogP contribution in [0.5, 0.6) is 0 Å². The summed E-state index contributed by atoms with van der Waals surface area (Å²) in [5.41, 5.74) is 7.88. The van der Waals surface area contributed by atoms with Gasteiger partial charge in [0.25, 0.3) is 5.91 Å². The summed E-state index contributed by atoms with van der Waals surface area (Å²) in [5.74, 6) is -0.647. The maximum atomic E-state index is 11.5. The summed E-state index contributed by atoms with van der Waals surface area (Å²) >= 11 is 2.26. The summed E-state index contributed by atoms with van der Waals surface area (Å²) in [6.07, 6.45) is 1.59. The lowest BCUT2D eigenvalue weighted by atomic mass is 10.1. The number of hydrogen-bond donors (Lipinski definition) is 2. The van der Waals surface area contributed by atoms with Crippen LogP contribution in [-0.4, -0.2) is 20.9 Å². The van der Waals surface area contributed by atoms with Crippen molar-refractivity contribution in [3.8, 4) is 5.40 Å². The molecule has 0 unspecified atom stereocenters. The second-order valence-electron chi connectivity index (χ2n) is 5.55. The van der Waals surface area contributed by atoms with E-state index >= 15 is 0 Å². The van der Waals surface area contributed by atoms with Crippen LogP contribution >= 0.6 is 23.5 Å². The van der Waals surface area contributed by atoms with Crippen LogP contribution in [0.3, 0.4) is 0 Å². The summed E-state index contributed by atoms with van der Waals surface area (Å²) in [5, 5.41) is 10.7. The second kappa shape index (κ2) is 8.08. The second-order valence-corrected chi connectivity index (χ2v) is 8.49. The van der Waals surface area contributed by atoms with Crippen LogP contribution in [0.15, 0.2) is 56.0 Å². The third kappa shape index (κ3) is 3.98. The number of amides is 1. The lowest BCUT2D eigenvalue weighted by molar-refractivity contribution is -0.113. The van der Waals surface area contributed by atoms with E-state index < -0.39 is 16.6 Å². The van der Waals surface area contributed by atoms with Gasteiger partial charge in [-0.25, -0.2) is 8.42 Å². The molecule has 27 heavy (non-hydrogen) atoms. The predicted octanol–water partition coefficient (Wildman–Crippen LogP) is 3.32. The highest BCUT2D eigenvalue weighted by atomic mass is 32.2. The molecule has 3 rings (SSSR count). The number of nitrogens with two attached hydrogens (primary N) is 1. The van der Waals surface area contributed by atoms with Crippen LogP contribution in [0.4, 0.5) is 11.4 Å². The van der Waals surface area contributed by atoms with E-state index in [1.807, 2.05) is 30.5 Å². The molecule has 0 saturated heterocycles. The Bertz CT molecular complexity index is 1060. The van der Waals surface area contributed by atoms with Gasteiger partial charge in [-0.15, -0.1) is 0 Å². The molecule has 0 aromatic heterocycles. The third-order valence-electron chi connectivity index (χ3n) is 3.95. The maximum absolute atomic E-state index is 11.5. The first-order valence-corrected chi connectivity index (χ1v) is 10.7. The number of thioether (sulfide) groups is 1. The molecule has 0 radical (unpaired) electrons. The Balaban J connectivity index is 2.05. The first-order valence-electron chi connectivity index (χ1n) is 7.90. The Morgan fingerprint density at radius 2 is 2.04 bits per heavy atom. The van der Waals surface area contributed by atoms with Crippen molar-refractivity contribution in [2.24, 2.45) is 5.73 Å². The van der Waals surface area contributed by atoms with Gasteiger partial charge < -0.3 is 10.6 Å². The first kappa shape index (κ1) is 19.4. The molecule has 1 amide bonds. The summed E-state index contributed by atoms with van der Waals surface area (Å²) in [6.45, 7) is 2.67. The fourth-order valence-electron chi connectivity index (χ4n) is 2.78. The number of anilines is 2. The van der Waals surface area contributed by atoms with Crippen molar-refractivity contribution in [3.05, 3.63) is 46.9 Å². The topological polar surface area (TPSA) is 104 Å². The number of nitrogens with zero attached hydrogens (tertiary/aromatic N) is 2. The number of rotatable bonds is 5. The van der Waals surface area contributed by atoms with Crippen LogP contribution in [-0.2, 0) is 15.5 Å². The van der Waals surface area contributed by atoms with Crippen molar-refractivity contribution in [2.75, 3.05) is 11.4 Å². The summed E-state index contributed by atoms with van der Waals surface area (Å²) in [7, 11) is -2.64. The average molecular weight is 418 g/mol. The predicted molar refractivity (Wildman–Crippen MR) is 109 cm³/mol. The number of nitriles is 1. The molecule has 138 valence electrons. The quantitative estimate of drug-likeness (QED) is 0.437. The van der Waals surface area contributed by atoms with E-state index in [4.69, 9.17) is 11.0 Å². The smallest absolute Gasteiger partial charge is 0.256 e. The number of benzene rings is 2. The summed E-state index contributed by atoms with van der Waals surface area (Å²) in [4.78, 5) is 15.9. The molecule has 9 heteroatoms. The normalized spacial score (nSPS) is 13.1. The van der Waals surface area contributed by atoms with Crippen LogP contribution < -0.4 is 10.6 Å². The van der Waals surface area contributed by atoms with Crippen molar-refractivity contribution in [1.82, 2.24) is 0 Å². The van der Waals surface area contributed by atoms with Crippen LogP contribution in [0.1, 0.15) is 12.5 Å². The zero-order valence-electron chi connectivity index (χ0n) is 14.2. The number of fused-ring (bicyclic) bond motifs is 2. The van der Waals surface area contributed by atoms with E-state index in [0.717, 1.165) is 38.5 Å². The molecular weight excluding hydrogens is 402 g/mol. The molecule has 0 bridgehead atoms. The molecule has 2 aromatic rings. The van der Waals surface area contributed by atoms with Crippen LogP contribution in [0, 0.1) is 10.7 Å². The van der Waals surface area contributed by atoms with E-state index in [2.05, 4.69) is 4.90 Å². The fraction of sp³-hybridized carbons (Fsp3) is 0.111. The molecule has 0 saturated carbocycles. The van der Waals surface area contributed by atoms with Crippen molar-refractivity contribution in [2.45, 2.75) is 21.6 Å². The maximum Gasteiger partial charge on any atom is 0.256 e. The van der Waals surface area contributed by atoms with Crippen LogP contribution in [0.25, 0.3) is 6.08 Å². The van der Waals surface area contributed by atoms with E-state index in [1.54, 1.807) is 24.3 Å². The molecule has 6 nitrogen and oxygen atoms in total. The number of carbonyl (C=O) groups is 1. The van der Waals surface area contributed by atoms with Gasteiger partial charge in [0.2, 0.25) is 0 Å². The van der Waals surface area contributed by atoms with Gasteiger partial charge in [0, 0.05) is 16.3 Å². The molecule has 1 aliphatic heterocycles. The van der Waals surface area contributed by atoms with E-state index in [0.29, 0.717) is 6.54 Å². The summed E-state index contributed by atoms with van der Waals surface area (Å²) < 4.78 is 22.7. The lowest BCUT2D eigenvalue weighted by Gasteiger charge is -2.32. The Morgan fingerprint density at radius 3 is 2.67 bits per heavy atom. The number of thiocyanates is 1. The molecule has 0 fully saturated rings. The number of hydrogen-bond acceptors (Lipinski definition) is 7. The lowest BCUT2D eigenvalue weighted by Crippen LogP contribution is -2.20. The number of thiol groups is 1. The summed E-state index contributed by atoms with van der Waals surface area (Å²) in [6, 6.07) is 10.8. The molecule has 0 atom stereocenters. The fourth-order valence-corrected chi connectivity index (χ4v) is 4.72. The van der Waals surface area contributed by atoms with Crippen LogP contribution in [0.2, 0.25) is 0 Å². The van der Waals surface area contributed by atoms with E-state index in [1.165, 1.54) is 11.8 Å². The molecule has 2 N–H and O–H groups in total. The zero-order chi connectivity index (χ0) is 19.6. The van der Waals surface area contributed by atoms with Gasteiger partial charge in [-0.1, -0.05) is 17.8 Å². The van der Waals surface area contributed by atoms with Gasteiger partial charge in [-0.05, 0) is 60.7 Å². The third-order valence-corrected chi connectivity index (χ3v) is 6.39. The average Bonchev–Trinajstić information content (AvgIpc) is 2.65. The van der Waals surface area contributed by atoms with Gasteiger partial charge >= 0.3 is 0 Å². The SMILES string of the molecule is CCN1c2ccc(/C=C(\SC#N)C(N)=O)cc2Sc2ccc([SH](=O)=O)cc21. The van der Waals surface area contributed by atoms with Crippen molar-refractivity contribution < 1.29 is 13.2 Å². The highest BCUT2D eigenvalue weighted by Gasteiger charge is 2.23. The molecule has 0 spiro atoms. The molecule has 0 aliphatic carbocycles. The number of primary amides is 1. The van der Waals surface area contributed by atoms with E-state index in [-0.39, 0.29) is 9.80 Å². The molecule has 1 aliphatic rings. The minimum absolute atomic E-state index is 0.176. The Morgan fingerprint density at radius 1 is 1.26 bits per heavy atom. The van der Waals surface area contributed by atoms with Crippen molar-refractivity contribution in [1.29, 1.82) is 5.26 Å².